The highest BCUT2D eigenvalue weighted by atomic mass is 16.2. The topological polar surface area (TPSA) is 95.5 Å². The van der Waals surface area contributed by atoms with Crippen LogP contribution in [0.4, 0.5) is 5.82 Å². The van der Waals surface area contributed by atoms with Crippen molar-refractivity contribution in [1.29, 1.82) is 0 Å². The normalized spacial score (nSPS) is 16.5. The van der Waals surface area contributed by atoms with Crippen LogP contribution in [0.15, 0.2) is 47.9 Å². The molecule has 0 spiro atoms. The zero-order chi connectivity index (χ0) is 19.8. The van der Waals surface area contributed by atoms with Gasteiger partial charge in [-0.15, -0.1) is 0 Å². The fourth-order valence-corrected chi connectivity index (χ4v) is 3.93. The predicted molar refractivity (Wildman–Crippen MR) is 109 cm³/mol. The van der Waals surface area contributed by atoms with E-state index in [1.165, 1.54) is 4.68 Å². The van der Waals surface area contributed by atoms with E-state index in [9.17, 15) is 4.79 Å². The third kappa shape index (κ3) is 3.28. The molecule has 0 fully saturated rings. The number of hydrogen-bond acceptors (Lipinski definition) is 6. The van der Waals surface area contributed by atoms with Gasteiger partial charge in [-0.3, -0.25) is 9.55 Å². The molecule has 1 aliphatic rings. The average molecular weight is 390 g/mol. The molecule has 0 radical (unpaired) electrons. The van der Waals surface area contributed by atoms with Crippen molar-refractivity contribution in [2.24, 2.45) is 7.05 Å². The SMILES string of the molecule is Cn1ccc2c(NC3CCc4nn(Cc5cccnc5)c(=O)n4CC3)ncnc21. The first-order valence-corrected chi connectivity index (χ1v) is 9.77. The summed E-state index contributed by atoms with van der Waals surface area (Å²) in [5.74, 6) is 1.69. The van der Waals surface area contributed by atoms with Gasteiger partial charge in [-0.05, 0) is 30.5 Å². The molecule has 9 nitrogen and oxygen atoms in total. The second-order valence-corrected chi connectivity index (χ2v) is 7.42. The summed E-state index contributed by atoms with van der Waals surface area (Å²) < 4.78 is 5.32. The molecule has 9 heteroatoms. The Kier molecular flexibility index (Phi) is 4.34. The Morgan fingerprint density at radius 3 is 3.03 bits per heavy atom. The zero-order valence-corrected chi connectivity index (χ0v) is 16.2. The molecule has 1 unspecified atom stereocenters. The van der Waals surface area contributed by atoms with Crippen LogP contribution in [0.2, 0.25) is 0 Å². The van der Waals surface area contributed by atoms with Crippen LogP contribution in [0.25, 0.3) is 11.0 Å². The zero-order valence-electron chi connectivity index (χ0n) is 16.2. The fourth-order valence-electron chi connectivity index (χ4n) is 3.93. The van der Waals surface area contributed by atoms with Crippen molar-refractivity contribution in [2.75, 3.05) is 5.32 Å². The number of fused-ring (bicyclic) bond motifs is 2. The predicted octanol–water partition coefficient (Wildman–Crippen LogP) is 1.59. The van der Waals surface area contributed by atoms with E-state index in [1.54, 1.807) is 23.3 Å². The van der Waals surface area contributed by atoms with Gasteiger partial charge in [0.05, 0.1) is 11.9 Å². The van der Waals surface area contributed by atoms with Gasteiger partial charge in [0, 0.05) is 44.6 Å². The van der Waals surface area contributed by atoms with Gasteiger partial charge in [0.25, 0.3) is 0 Å². The van der Waals surface area contributed by atoms with Crippen molar-refractivity contribution >= 4 is 16.9 Å². The molecule has 148 valence electrons. The third-order valence-corrected chi connectivity index (χ3v) is 5.47. The summed E-state index contributed by atoms with van der Waals surface area (Å²) in [6.45, 7) is 1.09. The van der Waals surface area contributed by atoms with Gasteiger partial charge in [-0.1, -0.05) is 6.07 Å². The molecule has 0 saturated carbocycles. The number of nitrogens with one attached hydrogen (secondary N) is 1. The van der Waals surface area contributed by atoms with Crippen molar-refractivity contribution in [1.82, 2.24) is 33.9 Å². The van der Waals surface area contributed by atoms with E-state index in [2.05, 4.69) is 25.4 Å². The molecule has 0 amide bonds. The Bertz CT molecular complexity index is 1210. The molecule has 0 aromatic carbocycles. The van der Waals surface area contributed by atoms with Gasteiger partial charge in [0.1, 0.15) is 23.6 Å². The van der Waals surface area contributed by atoms with Gasteiger partial charge in [0.2, 0.25) is 0 Å². The van der Waals surface area contributed by atoms with Crippen LogP contribution >= 0.6 is 0 Å². The highest BCUT2D eigenvalue weighted by Crippen LogP contribution is 2.23. The van der Waals surface area contributed by atoms with Gasteiger partial charge in [-0.25, -0.2) is 19.4 Å². The van der Waals surface area contributed by atoms with Gasteiger partial charge < -0.3 is 9.88 Å². The highest BCUT2D eigenvalue weighted by Gasteiger charge is 2.22. The number of aryl methyl sites for hydroxylation is 2. The highest BCUT2D eigenvalue weighted by molar-refractivity contribution is 5.87. The summed E-state index contributed by atoms with van der Waals surface area (Å²) in [5, 5.41) is 9.15. The number of nitrogens with zero attached hydrogens (tertiary/aromatic N) is 7. The lowest BCUT2D eigenvalue weighted by atomic mass is 10.1. The first-order chi connectivity index (χ1) is 14.2. The Morgan fingerprint density at radius 1 is 1.24 bits per heavy atom. The summed E-state index contributed by atoms with van der Waals surface area (Å²) in [7, 11) is 1.97. The largest absolute Gasteiger partial charge is 0.367 e. The number of aromatic nitrogens is 7. The summed E-state index contributed by atoms with van der Waals surface area (Å²) in [5.41, 5.74) is 1.82. The monoisotopic (exact) mass is 390 g/mol. The molecule has 29 heavy (non-hydrogen) atoms. The molecule has 1 aliphatic heterocycles. The van der Waals surface area contributed by atoms with Crippen molar-refractivity contribution < 1.29 is 0 Å². The molecule has 0 aliphatic carbocycles. The lowest BCUT2D eigenvalue weighted by Crippen LogP contribution is -2.27. The minimum Gasteiger partial charge on any atom is -0.367 e. The number of rotatable bonds is 4. The lowest BCUT2D eigenvalue weighted by molar-refractivity contribution is 0.552. The maximum absolute atomic E-state index is 12.8. The van der Waals surface area contributed by atoms with Crippen molar-refractivity contribution in [2.45, 2.75) is 38.4 Å². The maximum atomic E-state index is 12.8. The van der Waals surface area contributed by atoms with E-state index < -0.39 is 0 Å². The third-order valence-electron chi connectivity index (χ3n) is 5.47. The second kappa shape index (κ2) is 7.16. The van der Waals surface area contributed by atoms with Gasteiger partial charge in [-0.2, -0.15) is 5.10 Å². The molecule has 0 bridgehead atoms. The van der Waals surface area contributed by atoms with E-state index in [-0.39, 0.29) is 11.7 Å². The van der Waals surface area contributed by atoms with Gasteiger partial charge >= 0.3 is 5.69 Å². The number of hydrogen-bond donors (Lipinski definition) is 1. The molecule has 4 aromatic heterocycles. The van der Waals surface area contributed by atoms with Crippen LogP contribution in [0, 0.1) is 0 Å². The minimum absolute atomic E-state index is 0.0583. The van der Waals surface area contributed by atoms with Crippen LogP contribution in [0.5, 0.6) is 0 Å². The van der Waals surface area contributed by atoms with E-state index in [0.29, 0.717) is 13.1 Å². The Labute approximate surface area is 167 Å². The van der Waals surface area contributed by atoms with E-state index >= 15 is 0 Å². The molecular formula is C20H22N8O. The summed E-state index contributed by atoms with van der Waals surface area (Å²) in [6, 6.07) is 6.07. The van der Waals surface area contributed by atoms with Crippen LogP contribution in [0.3, 0.4) is 0 Å². The molecule has 5 rings (SSSR count). The number of pyridine rings is 1. The van der Waals surface area contributed by atoms with E-state index in [0.717, 1.165) is 47.5 Å². The quantitative estimate of drug-likeness (QED) is 0.569. The summed E-state index contributed by atoms with van der Waals surface area (Å²) in [4.78, 5) is 25.7. The van der Waals surface area contributed by atoms with E-state index in [1.807, 2.05) is 36.0 Å². The molecular weight excluding hydrogens is 368 g/mol. The van der Waals surface area contributed by atoms with E-state index in [4.69, 9.17) is 0 Å². The first kappa shape index (κ1) is 17.6. The van der Waals surface area contributed by atoms with Crippen molar-refractivity contribution in [3.05, 3.63) is 65.0 Å². The number of anilines is 1. The maximum Gasteiger partial charge on any atom is 0.346 e. The van der Waals surface area contributed by atoms with Crippen molar-refractivity contribution in [3.8, 4) is 0 Å². The molecule has 4 aromatic rings. The minimum atomic E-state index is -0.0583. The van der Waals surface area contributed by atoms with Gasteiger partial charge in [0.15, 0.2) is 0 Å². The lowest BCUT2D eigenvalue weighted by Gasteiger charge is -2.17. The smallest absolute Gasteiger partial charge is 0.346 e. The molecule has 0 saturated heterocycles. The van der Waals surface area contributed by atoms with Crippen LogP contribution in [0.1, 0.15) is 24.2 Å². The van der Waals surface area contributed by atoms with Crippen LogP contribution in [-0.2, 0) is 26.6 Å². The Morgan fingerprint density at radius 2 is 2.17 bits per heavy atom. The summed E-state index contributed by atoms with van der Waals surface area (Å²) in [6.07, 6.45) is 9.54. The fraction of sp³-hybridized carbons (Fsp3) is 0.350. The van der Waals surface area contributed by atoms with Crippen LogP contribution in [-0.4, -0.2) is 39.9 Å². The average Bonchev–Trinajstić information content (AvgIpc) is 3.18. The molecule has 5 heterocycles. The molecule has 1 N–H and O–H groups in total. The Balaban J connectivity index is 1.33. The standard InChI is InChI=1S/C20H22N8O/c1-26-9-7-16-18(22-13-23-19(16)26)24-15-4-5-17-25-28(20(29)27(17)10-6-15)12-14-3-2-8-21-11-14/h2-3,7-9,11,13,15H,4-6,10,12H2,1H3,(H,22,23,24). The Hall–Kier alpha value is -3.49. The molecule has 1 atom stereocenters. The van der Waals surface area contributed by atoms with Crippen molar-refractivity contribution in [3.63, 3.8) is 0 Å². The summed E-state index contributed by atoms with van der Waals surface area (Å²) >= 11 is 0. The van der Waals surface area contributed by atoms with Crippen LogP contribution < -0.4 is 11.0 Å². The second-order valence-electron chi connectivity index (χ2n) is 7.42. The first-order valence-electron chi connectivity index (χ1n) is 9.77.